The maximum atomic E-state index is 12.4. The Bertz CT molecular complexity index is 922. The van der Waals surface area contributed by atoms with E-state index in [0.29, 0.717) is 16.1 Å². The summed E-state index contributed by atoms with van der Waals surface area (Å²) in [7, 11) is 3.47. The molecule has 0 saturated heterocycles. The number of benzene rings is 2. The molecule has 0 fully saturated rings. The van der Waals surface area contributed by atoms with Gasteiger partial charge in [-0.15, -0.1) is 0 Å². The molecule has 1 heterocycles. The van der Waals surface area contributed by atoms with Gasteiger partial charge in [0.2, 0.25) is 0 Å². The van der Waals surface area contributed by atoms with Gasteiger partial charge >= 0.3 is 0 Å². The second kappa shape index (κ2) is 5.77. The number of amides is 1. The molecule has 3 rings (SSSR count). The van der Waals surface area contributed by atoms with Crippen LogP contribution in [0.1, 0.15) is 15.9 Å². The van der Waals surface area contributed by atoms with Crippen molar-refractivity contribution >= 4 is 27.5 Å². The third kappa shape index (κ3) is 2.55. The van der Waals surface area contributed by atoms with Gasteiger partial charge < -0.3 is 9.30 Å². The Kier molecular flexibility index (Phi) is 3.81. The minimum absolute atomic E-state index is 0.295. The number of fused-ring (bicyclic) bond motifs is 1. The maximum absolute atomic E-state index is 12.4. The molecule has 0 bridgehead atoms. The number of carbonyl (C=O) groups excluding carboxylic acids is 1. The van der Waals surface area contributed by atoms with Crippen molar-refractivity contribution in [3.05, 3.63) is 58.4 Å². The highest BCUT2D eigenvalue weighted by molar-refractivity contribution is 7.16. The molecule has 0 aliphatic rings. The fourth-order valence-electron chi connectivity index (χ4n) is 2.32. The van der Waals surface area contributed by atoms with Crippen LogP contribution >= 0.6 is 11.3 Å². The van der Waals surface area contributed by atoms with Gasteiger partial charge in [0.25, 0.3) is 5.91 Å². The second-order valence-electron chi connectivity index (χ2n) is 5.03. The third-order valence-electron chi connectivity index (χ3n) is 3.50. The molecule has 2 aromatic carbocycles. The Morgan fingerprint density at radius 3 is 2.77 bits per heavy atom. The summed E-state index contributed by atoms with van der Waals surface area (Å²) in [5.74, 6) is 0.243. The number of carbonyl (C=O) groups is 1. The van der Waals surface area contributed by atoms with Crippen LogP contribution in [-0.2, 0) is 7.05 Å². The molecule has 0 saturated carbocycles. The topological polar surface area (TPSA) is 43.6 Å². The highest BCUT2D eigenvalue weighted by Crippen LogP contribution is 2.20. The summed E-state index contributed by atoms with van der Waals surface area (Å²) in [4.78, 5) is 17.4. The Morgan fingerprint density at radius 1 is 1.23 bits per heavy atom. The molecule has 5 heteroatoms. The summed E-state index contributed by atoms with van der Waals surface area (Å²) in [6.07, 6.45) is 0. The van der Waals surface area contributed by atoms with Crippen LogP contribution in [0.2, 0.25) is 0 Å². The van der Waals surface area contributed by atoms with Crippen LogP contribution in [0.25, 0.3) is 10.2 Å². The van der Waals surface area contributed by atoms with E-state index in [2.05, 4.69) is 24.0 Å². The van der Waals surface area contributed by atoms with Gasteiger partial charge in [0.05, 0.1) is 22.9 Å². The number of methoxy groups -OCH3 is 1. The van der Waals surface area contributed by atoms with E-state index in [0.717, 1.165) is 10.2 Å². The number of rotatable bonds is 2. The monoisotopic (exact) mass is 312 g/mol. The second-order valence-corrected chi connectivity index (χ2v) is 6.04. The highest BCUT2D eigenvalue weighted by atomic mass is 32.1. The lowest BCUT2D eigenvalue weighted by Gasteiger charge is -2.03. The standard InChI is InChI=1S/C17H16N2O2S/c1-11-8-9-13-15(10-11)22-17(19(13)2)18-16(20)12-6-4-5-7-14(12)21-3/h4-10H,1-3H3. The van der Waals surface area contributed by atoms with Crippen molar-refractivity contribution in [1.29, 1.82) is 0 Å². The van der Waals surface area contributed by atoms with Crippen LogP contribution in [0.15, 0.2) is 47.5 Å². The first-order valence-electron chi connectivity index (χ1n) is 6.88. The lowest BCUT2D eigenvalue weighted by Crippen LogP contribution is -2.13. The fraction of sp³-hybridized carbons (Fsp3) is 0.176. The van der Waals surface area contributed by atoms with E-state index in [4.69, 9.17) is 4.74 Å². The predicted molar refractivity (Wildman–Crippen MR) is 88.4 cm³/mol. The quantitative estimate of drug-likeness (QED) is 0.729. The number of aryl methyl sites for hydroxylation is 2. The van der Waals surface area contributed by atoms with Crippen LogP contribution in [0.5, 0.6) is 5.75 Å². The van der Waals surface area contributed by atoms with Gasteiger partial charge in [0.1, 0.15) is 5.75 Å². The minimum Gasteiger partial charge on any atom is -0.496 e. The van der Waals surface area contributed by atoms with Crippen LogP contribution in [0.3, 0.4) is 0 Å². The maximum Gasteiger partial charge on any atom is 0.283 e. The molecule has 0 N–H and O–H groups in total. The molecular weight excluding hydrogens is 296 g/mol. The van der Waals surface area contributed by atoms with E-state index in [9.17, 15) is 4.79 Å². The molecule has 4 nitrogen and oxygen atoms in total. The number of nitrogens with zero attached hydrogens (tertiary/aromatic N) is 2. The average molecular weight is 312 g/mol. The molecule has 0 atom stereocenters. The predicted octanol–water partition coefficient (Wildman–Crippen LogP) is 3.30. The van der Waals surface area contributed by atoms with Crippen LogP contribution in [0, 0.1) is 6.92 Å². The summed E-state index contributed by atoms with van der Waals surface area (Å²) >= 11 is 1.51. The summed E-state index contributed by atoms with van der Waals surface area (Å²) in [6, 6.07) is 13.3. The van der Waals surface area contributed by atoms with E-state index in [1.807, 2.05) is 23.7 Å². The first kappa shape index (κ1) is 14.5. The summed E-state index contributed by atoms with van der Waals surface area (Å²) in [6.45, 7) is 2.05. The smallest absolute Gasteiger partial charge is 0.283 e. The van der Waals surface area contributed by atoms with Crippen molar-refractivity contribution < 1.29 is 9.53 Å². The van der Waals surface area contributed by atoms with Crippen molar-refractivity contribution in [3.8, 4) is 5.75 Å². The van der Waals surface area contributed by atoms with E-state index < -0.39 is 0 Å². The van der Waals surface area contributed by atoms with Gasteiger partial charge in [-0.2, -0.15) is 4.99 Å². The summed E-state index contributed by atoms with van der Waals surface area (Å²) in [5, 5.41) is 0. The number of thiazole rings is 1. The number of ether oxygens (including phenoxy) is 1. The lowest BCUT2D eigenvalue weighted by molar-refractivity contribution is 0.0995. The number of para-hydroxylation sites is 1. The van der Waals surface area contributed by atoms with E-state index in [1.54, 1.807) is 25.3 Å². The van der Waals surface area contributed by atoms with Crippen molar-refractivity contribution in [3.63, 3.8) is 0 Å². The molecule has 112 valence electrons. The zero-order valence-electron chi connectivity index (χ0n) is 12.7. The van der Waals surface area contributed by atoms with E-state index in [-0.39, 0.29) is 5.91 Å². The molecule has 1 aromatic heterocycles. The van der Waals surface area contributed by atoms with Gasteiger partial charge in [-0.05, 0) is 36.8 Å². The molecule has 0 aliphatic heterocycles. The van der Waals surface area contributed by atoms with Gasteiger partial charge in [0, 0.05) is 7.05 Å². The largest absolute Gasteiger partial charge is 0.496 e. The van der Waals surface area contributed by atoms with Gasteiger partial charge in [-0.25, -0.2) is 0 Å². The Hall–Kier alpha value is -2.40. The normalized spacial score (nSPS) is 11.9. The molecule has 3 aromatic rings. The van der Waals surface area contributed by atoms with E-state index >= 15 is 0 Å². The molecular formula is C17H16N2O2S. The van der Waals surface area contributed by atoms with Gasteiger partial charge in [-0.3, -0.25) is 4.79 Å². The SMILES string of the molecule is COc1ccccc1C(=O)N=c1sc2cc(C)ccc2n1C. The van der Waals surface area contributed by atoms with Gasteiger partial charge in [-0.1, -0.05) is 29.5 Å². The summed E-state index contributed by atoms with van der Waals surface area (Å²) in [5.41, 5.74) is 2.73. The molecule has 22 heavy (non-hydrogen) atoms. The fourth-order valence-corrected chi connectivity index (χ4v) is 3.43. The molecule has 0 spiro atoms. The Morgan fingerprint density at radius 2 is 2.00 bits per heavy atom. The summed E-state index contributed by atoms with van der Waals surface area (Å²) < 4.78 is 8.28. The van der Waals surface area contributed by atoms with Crippen LogP contribution in [0.4, 0.5) is 0 Å². The zero-order valence-corrected chi connectivity index (χ0v) is 13.5. The van der Waals surface area contributed by atoms with E-state index in [1.165, 1.54) is 16.9 Å². The molecule has 0 unspecified atom stereocenters. The molecule has 1 amide bonds. The van der Waals surface area contributed by atoms with Gasteiger partial charge in [0.15, 0.2) is 4.80 Å². The number of hydrogen-bond donors (Lipinski definition) is 0. The third-order valence-corrected chi connectivity index (χ3v) is 4.59. The molecule has 0 aliphatic carbocycles. The van der Waals surface area contributed by atoms with Crippen molar-refractivity contribution in [2.75, 3.05) is 7.11 Å². The van der Waals surface area contributed by atoms with Crippen molar-refractivity contribution in [1.82, 2.24) is 4.57 Å². The van der Waals surface area contributed by atoms with Crippen LogP contribution < -0.4 is 9.54 Å². The average Bonchev–Trinajstić information content (AvgIpc) is 2.82. The number of hydrogen-bond acceptors (Lipinski definition) is 3. The molecule has 0 radical (unpaired) electrons. The van der Waals surface area contributed by atoms with Crippen molar-refractivity contribution in [2.24, 2.45) is 12.0 Å². The first-order valence-corrected chi connectivity index (χ1v) is 7.70. The number of aromatic nitrogens is 1. The van der Waals surface area contributed by atoms with Crippen LogP contribution in [-0.4, -0.2) is 17.6 Å². The zero-order chi connectivity index (χ0) is 15.7. The Labute approximate surface area is 132 Å². The van der Waals surface area contributed by atoms with Crippen molar-refractivity contribution in [2.45, 2.75) is 6.92 Å². The highest BCUT2D eigenvalue weighted by Gasteiger charge is 2.11. The minimum atomic E-state index is -0.295. The first-order chi connectivity index (χ1) is 10.6. The lowest BCUT2D eigenvalue weighted by atomic mass is 10.2. The Balaban J connectivity index is 2.12.